The van der Waals surface area contributed by atoms with Crippen molar-refractivity contribution in [1.29, 1.82) is 5.26 Å². The summed E-state index contributed by atoms with van der Waals surface area (Å²) in [6.45, 7) is 4.47. The zero-order valence-corrected chi connectivity index (χ0v) is 13.2. The predicted octanol–water partition coefficient (Wildman–Crippen LogP) is 5.83. The fraction of sp³-hybridized carbons (Fsp3) is 0.238. The molecule has 1 nitrogen and oxygen atoms in total. The van der Waals surface area contributed by atoms with Gasteiger partial charge in [-0.2, -0.15) is 5.26 Å². The average molecular weight is 287 g/mol. The molecule has 2 aromatic rings. The van der Waals surface area contributed by atoms with Crippen LogP contribution >= 0.6 is 0 Å². The van der Waals surface area contributed by atoms with Crippen LogP contribution in [0.25, 0.3) is 17.2 Å². The number of hydrogen-bond donors (Lipinski definition) is 0. The fourth-order valence-electron chi connectivity index (χ4n) is 2.10. The number of benzene rings is 2. The first-order valence-electron chi connectivity index (χ1n) is 7.74. The number of rotatable bonds is 5. The molecule has 1 unspecified atom stereocenters. The summed E-state index contributed by atoms with van der Waals surface area (Å²) in [6, 6.07) is 18.2. The Hall–Kier alpha value is -2.55. The van der Waals surface area contributed by atoms with Crippen LogP contribution in [0.3, 0.4) is 0 Å². The summed E-state index contributed by atoms with van der Waals surface area (Å²) < 4.78 is 0. The molecule has 110 valence electrons. The molecule has 0 heterocycles. The molecule has 0 aliphatic heterocycles. The van der Waals surface area contributed by atoms with E-state index in [1.165, 1.54) is 6.42 Å². The molecule has 0 N–H and O–H groups in total. The van der Waals surface area contributed by atoms with Crippen LogP contribution in [0.4, 0.5) is 0 Å². The van der Waals surface area contributed by atoms with Crippen molar-refractivity contribution in [3.05, 3.63) is 71.5 Å². The maximum Gasteiger partial charge on any atom is 0.0991 e. The second-order valence-corrected chi connectivity index (χ2v) is 5.58. The first kappa shape index (κ1) is 15.8. The summed E-state index contributed by atoms with van der Waals surface area (Å²) in [4.78, 5) is 0. The maximum atomic E-state index is 8.82. The Kier molecular flexibility index (Phi) is 5.78. The second-order valence-electron chi connectivity index (χ2n) is 5.58. The first-order valence-corrected chi connectivity index (χ1v) is 7.74. The third kappa shape index (κ3) is 4.48. The van der Waals surface area contributed by atoms with Gasteiger partial charge in [-0.25, -0.2) is 0 Å². The normalized spacial score (nSPS) is 11.1. The first-order chi connectivity index (χ1) is 10.7. The lowest BCUT2D eigenvalue weighted by atomic mass is 10.0. The van der Waals surface area contributed by atoms with E-state index in [9.17, 15) is 0 Å². The average Bonchev–Trinajstić information content (AvgIpc) is 2.59. The van der Waals surface area contributed by atoms with Gasteiger partial charge in [0.15, 0.2) is 0 Å². The monoisotopic (exact) mass is 287 g/mol. The van der Waals surface area contributed by atoms with Gasteiger partial charge in [0.2, 0.25) is 0 Å². The molecule has 0 aliphatic rings. The van der Waals surface area contributed by atoms with Gasteiger partial charge < -0.3 is 0 Å². The minimum atomic E-state index is 0.690. The minimum Gasteiger partial charge on any atom is -0.192 e. The molecule has 0 bridgehead atoms. The summed E-state index contributed by atoms with van der Waals surface area (Å²) in [6.07, 6.45) is 6.42. The van der Waals surface area contributed by atoms with E-state index in [0.717, 1.165) is 29.0 Å². The van der Waals surface area contributed by atoms with Gasteiger partial charge >= 0.3 is 0 Å². The van der Waals surface area contributed by atoms with Crippen molar-refractivity contribution >= 4 is 6.08 Å². The predicted molar refractivity (Wildman–Crippen MR) is 93.2 cm³/mol. The van der Waals surface area contributed by atoms with E-state index in [2.05, 4.69) is 56.0 Å². The second kappa shape index (κ2) is 8.03. The van der Waals surface area contributed by atoms with Crippen LogP contribution in [0, 0.1) is 17.2 Å². The Bertz CT molecular complexity index is 693. The van der Waals surface area contributed by atoms with Crippen molar-refractivity contribution < 1.29 is 0 Å². The Balaban J connectivity index is 2.06. The van der Waals surface area contributed by atoms with Crippen molar-refractivity contribution in [3.8, 4) is 17.2 Å². The molecule has 1 atom stereocenters. The number of nitriles is 1. The summed E-state index contributed by atoms with van der Waals surface area (Å²) in [5, 5.41) is 8.82. The smallest absolute Gasteiger partial charge is 0.0991 e. The Labute approximate surface area is 133 Å². The van der Waals surface area contributed by atoms with Crippen molar-refractivity contribution in [2.24, 2.45) is 5.92 Å². The minimum absolute atomic E-state index is 0.690. The summed E-state index contributed by atoms with van der Waals surface area (Å²) in [5.41, 5.74) is 7.38. The highest BCUT2D eigenvalue weighted by atomic mass is 14.2. The zero-order valence-electron chi connectivity index (χ0n) is 13.2. The topological polar surface area (TPSA) is 23.8 Å². The molecule has 0 aromatic heterocycles. The lowest BCUT2D eigenvalue weighted by Crippen LogP contribution is -1.86. The fourth-order valence-corrected chi connectivity index (χ4v) is 2.10. The van der Waals surface area contributed by atoms with Gasteiger partial charge in [-0.15, -0.1) is 5.73 Å². The van der Waals surface area contributed by atoms with E-state index < -0.39 is 0 Å². The van der Waals surface area contributed by atoms with E-state index in [0.29, 0.717) is 5.56 Å². The van der Waals surface area contributed by atoms with Gasteiger partial charge in [-0.1, -0.05) is 56.7 Å². The molecule has 0 saturated heterocycles. The highest BCUT2D eigenvalue weighted by Gasteiger charge is 1.98. The highest BCUT2D eigenvalue weighted by molar-refractivity contribution is 5.66. The molecular weight excluding hydrogens is 266 g/mol. The van der Waals surface area contributed by atoms with Crippen LogP contribution in [-0.2, 0) is 0 Å². The standard InChI is InChI=1S/C21H21N/c1-3-17(2)6-4-5-7-18-8-12-20(13-9-18)21-14-10-19(16-22)11-15-21/h4,7-15,17H,3,6H2,1-2H3. The molecule has 0 amide bonds. The summed E-state index contributed by atoms with van der Waals surface area (Å²) in [5.74, 6) is 0.722. The highest BCUT2D eigenvalue weighted by Crippen LogP contribution is 2.20. The van der Waals surface area contributed by atoms with Crippen LogP contribution in [0.2, 0.25) is 0 Å². The Morgan fingerprint density at radius 3 is 2.14 bits per heavy atom. The van der Waals surface area contributed by atoms with Crippen LogP contribution in [0.1, 0.15) is 37.8 Å². The Morgan fingerprint density at radius 2 is 1.59 bits per heavy atom. The molecule has 0 fully saturated rings. The number of hydrogen-bond acceptors (Lipinski definition) is 1. The van der Waals surface area contributed by atoms with Crippen molar-refractivity contribution in [1.82, 2.24) is 0 Å². The molecule has 22 heavy (non-hydrogen) atoms. The molecule has 0 radical (unpaired) electrons. The molecular formula is C21H21N. The van der Waals surface area contributed by atoms with Gasteiger partial charge in [-0.05, 0) is 53.3 Å². The molecule has 0 spiro atoms. The van der Waals surface area contributed by atoms with Crippen molar-refractivity contribution in [3.63, 3.8) is 0 Å². The van der Waals surface area contributed by atoms with Gasteiger partial charge in [-0.3, -0.25) is 0 Å². The van der Waals surface area contributed by atoms with Crippen molar-refractivity contribution in [2.45, 2.75) is 26.7 Å². The quantitative estimate of drug-likeness (QED) is 0.635. The van der Waals surface area contributed by atoms with Crippen LogP contribution < -0.4 is 0 Å². The van der Waals surface area contributed by atoms with Gasteiger partial charge in [0.1, 0.15) is 0 Å². The lowest BCUT2D eigenvalue weighted by Gasteiger charge is -2.02. The zero-order chi connectivity index (χ0) is 15.8. The van der Waals surface area contributed by atoms with E-state index in [4.69, 9.17) is 5.26 Å². The third-order valence-electron chi connectivity index (χ3n) is 3.84. The summed E-state index contributed by atoms with van der Waals surface area (Å²) in [7, 11) is 0. The third-order valence-corrected chi connectivity index (χ3v) is 3.84. The largest absolute Gasteiger partial charge is 0.192 e. The molecule has 2 aromatic carbocycles. The Morgan fingerprint density at radius 1 is 1.00 bits per heavy atom. The van der Waals surface area contributed by atoms with Gasteiger partial charge in [0, 0.05) is 0 Å². The molecule has 1 heteroatoms. The van der Waals surface area contributed by atoms with Gasteiger partial charge in [0.25, 0.3) is 0 Å². The number of nitrogens with zero attached hydrogens (tertiary/aromatic N) is 1. The molecule has 0 saturated carbocycles. The van der Waals surface area contributed by atoms with Gasteiger partial charge in [0.05, 0.1) is 11.6 Å². The maximum absolute atomic E-state index is 8.82. The van der Waals surface area contributed by atoms with E-state index in [-0.39, 0.29) is 0 Å². The van der Waals surface area contributed by atoms with E-state index in [1.54, 1.807) is 0 Å². The SMILES string of the molecule is CCC(C)CC=C=Cc1ccc(-c2ccc(C#N)cc2)cc1. The number of allylic oxidation sites excluding steroid dienone is 1. The van der Waals surface area contributed by atoms with Crippen molar-refractivity contribution in [2.75, 3.05) is 0 Å². The molecule has 2 rings (SSSR count). The van der Waals surface area contributed by atoms with E-state index >= 15 is 0 Å². The lowest BCUT2D eigenvalue weighted by molar-refractivity contribution is 0.572. The van der Waals surface area contributed by atoms with Crippen LogP contribution in [-0.4, -0.2) is 0 Å². The molecule has 0 aliphatic carbocycles. The van der Waals surface area contributed by atoms with Crippen LogP contribution in [0.5, 0.6) is 0 Å². The summed E-state index contributed by atoms with van der Waals surface area (Å²) >= 11 is 0. The van der Waals surface area contributed by atoms with Crippen LogP contribution in [0.15, 0.2) is 60.3 Å². The van der Waals surface area contributed by atoms with E-state index in [1.807, 2.05) is 30.3 Å².